The van der Waals surface area contributed by atoms with E-state index < -0.39 is 0 Å². The van der Waals surface area contributed by atoms with E-state index in [4.69, 9.17) is 10.00 Å². The fraction of sp³-hybridized carbons (Fsp3) is 0.333. The zero-order valence-corrected chi connectivity index (χ0v) is 13.5. The molecule has 1 aromatic heterocycles. The number of nitrogens with zero attached hydrogens (tertiary/aromatic N) is 4. The second-order valence-corrected chi connectivity index (χ2v) is 5.84. The van der Waals surface area contributed by atoms with Gasteiger partial charge in [0.2, 0.25) is 5.88 Å². The first kappa shape index (κ1) is 15.9. The molecule has 122 valence electrons. The fourth-order valence-electron chi connectivity index (χ4n) is 2.74. The van der Waals surface area contributed by atoms with E-state index in [1.54, 1.807) is 35.2 Å². The Morgan fingerprint density at radius 3 is 2.96 bits per heavy atom. The number of benzene rings is 1. The lowest BCUT2D eigenvalue weighted by Gasteiger charge is -2.32. The van der Waals surface area contributed by atoms with Crippen LogP contribution in [0, 0.1) is 18.3 Å². The van der Waals surface area contributed by atoms with Crippen LogP contribution in [0.25, 0.3) is 0 Å². The number of carbonyl (C=O) groups is 1. The molecule has 0 bridgehead atoms. The van der Waals surface area contributed by atoms with Crippen LogP contribution >= 0.6 is 0 Å². The van der Waals surface area contributed by atoms with Gasteiger partial charge in [0.25, 0.3) is 5.91 Å². The smallest absolute Gasteiger partial charge is 0.254 e. The molecule has 0 radical (unpaired) electrons. The summed E-state index contributed by atoms with van der Waals surface area (Å²) in [6.07, 6.45) is 1.64. The molecule has 1 atom stereocenters. The molecule has 1 saturated heterocycles. The van der Waals surface area contributed by atoms with Crippen molar-refractivity contribution in [1.29, 1.82) is 5.26 Å². The maximum Gasteiger partial charge on any atom is 0.254 e. The van der Waals surface area contributed by atoms with Crippen LogP contribution in [0.2, 0.25) is 0 Å². The lowest BCUT2D eigenvalue weighted by atomic mass is 10.1. The zero-order chi connectivity index (χ0) is 16.9. The zero-order valence-electron chi connectivity index (χ0n) is 13.5. The molecule has 2 heterocycles. The van der Waals surface area contributed by atoms with E-state index in [0.29, 0.717) is 30.1 Å². The Morgan fingerprint density at radius 1 is 1.33 bits per heavy atom. The summed E-state index contributed by atoms with van der Waals surface area (Å²) in [5.41, 5.74) is 1.85. The Kier molecular flexibility index (Phi) is 4.71. The summed E-state index contributed by atoms with van der Waals surface area (Å²) in [6.45, 7) is 3.06. The van der Waals surface area contributed by atoms with Crippen molar-refractivity contribution < 1.29 is 9.53 Å². The number of aryl methyl sites for hydroxylation is 1. The standard InChI is InChI=1S/C18H18N4O2/c1-13-7-8-17(21-20-13)24-16-6-3-9-22(12-16)18(23)15-5-2-4-14(10-15)11-19/h2,4-5,7-8,10,16H,3,6,9,12H2,1H3/t16-/m0/s1. The van der Waals surface area contributed by atoms with Gasteiger partial charge in [-0.3, -0.25) is 4.79 Å². The number of likely N-dealkylation sites (tertiary alicyclic amines) is 1. The van der Waals surface area contributed by atoms with E-state index in [-0.39, 0.29) is 12.0 Å². The van der Waals surface area contributed by atoms with Crippen molar-refractivity contribution in [3.05, 3.63) is 53.2 Å². The van der Waals surface area contributed by atoms with Gasteiger partial charge in [-0.1, -0.05) is 6.07 Å². The second kappa shape index (κ2) is 7.09. The van der Waals surface area contributed by atoms with Crippen molar-refractivity contribution in [2.45, 2.75) is 25.9 Å². The Labute approximate surface area is 140 Å². The van der Waals surface area contributed by atoms with Crippen LogP contribution in [0.15, 0.2) is 36.4 Å². The molecule has 6 heteroatoms. The number of nitriles is 1. The van der Waals surface area contributed by atoms with Crippen molar-refractivity contribution in [3.8, 4) is 11.9 Å². The number of rotatable bonds is 3. The van der Waals surface area contributed by atoms with Gasteiger partial charge in [0.05, 0.1) is 23.9 Å². The highest BCUT2D eigenvalue weighted by Crippen LogP contribution is 2.18. The lowest BCUT2D eigenvalue weighted by molar-refractivity contribution is 0.0525. The third-order valence-corrected chi connectivity index (χ3v) is 3.96. The summed E-state index contributed by atoms with van der Waals surface area (Å²) in [4.78, 5) is 14.4. The van der Waals surface area contributed by atoms with Gasteiger partial charge in [-0.15, -0.1) is 5.10 Å². The largest absolute Gasteiger partial charge is 0.471 e. The topological polar surface area (TPSA) is 79.1 Å². The van der Waals surface area contributed by atoms with Crippen LogP contribution in [0.5, 0.6) is 5.88 Å². The minimum atomic E-state index is -0.0983. The molecule has 1 amide bonds. The maximum absolute atomic E-state index is 12.6. The van der Waals surface area contributed by atoms with Gasteiger partial charge in [-0.25, -0.2) is 0 Å². The molecule has 0 spiro atoms. The molecule has 0 aliphatic carbocycles. The molecule has 3 rings (SSSR count). The summed E-state index contributed by atoms with van der Waals surface area (Å²) in [5.74, 6) is 0.404. The molecule has 0 N–H and O–H groups in total. The van der Waals surface area contributed by atoms with Gasteiger partial charge in [-0.2, -0.15) is 10.4 Å². The SMILES string of the molecule is Cc1ccc(O[C@H]2CCCN(C(=O)c3cccc(C#N)c3)C2)nn1. The number of amides is 1. The molecule has 0 unspecified atom stereocenters. The van der Waals surface area contributed by atoms with Gasteiger partial charge >= 0.3 is 0 Å². The Balaban J connectivity index is 1.67. The van der Waals surface area contributed by atoms with Crippen molar-refractivity contribution in [2.24, 2.45) is 0 Å². The summed E-state index contributed by atoms with van der Waals surface area (Å²) in [6, 6.07) is 12.5. The predicted molar refractivity (Wildman–Crippen MR) is 87.5 cm³/mol. The number of carbonyl (C=O) groups excluding carboxylic acids is 1. The van der Waals surface area contributed by atoms with Crippen LogP contribution in [-0.4, -0.2) is 40.2 Å². The minimum absolute atomic E-state index is 0.0737. The molecule has 1 aromatic carbocycles. The monoisotopic (exact) mass is 322 g/mol. The van der Waals surface area contributed by atoms with E-state index in [2.05, 4.69) is 16.3 Å². The fourth-order valence-corrected chi connectivity index (χ4v) is 2.74. The average Bonchev–Trinajstić information content (AvgIpc) is 2.63. The third kappa shape index (κ3) is 3.69. The van der Waals surface area contributed by atoms with Gasteiger partial charge < -0.3 is 9.64 Å². The molecule has 0 saturated carbocycles. The first-order chi connectivity index (χ1) is 11.7. The lowest BCUT2D eigenvalue weighted by Crippen LogP contribution is -2.44. The molecular formula is C18H18N4O2. The van der Waals surface area contributed by atoms with Gasteiger partial charge in [0.15, 0.2) is 0 Å². The van der Waals surface area contributed by atoms with Crippen molar-refractivity contribution in [1.82, 2.24) is 15.1 Å². The Bertz CT molecular complexity index is 767. The van der Waals surface area contributed by atoms with Crippen molar-refractivity contribution >= 4 is 5.91 Å². The summed E-state index contributed by atoms with van der Waals surface area (Å²) >= 11 is 0. The number of hydrogen-bond acceptors (Lipinski definition) is 5. The Hall–Kier alpha value is -2.94. The predicted octanol–water partition coefficient (Wildman–Crippen LogP) is 2.34. The van der Waals surface area contributed by atoms with E-state index in [0.717, 1.165) is 18.5 Å². The minimum Gasteiger partial charge on any atom is -0.471 e. The highest BCUT2D eigenvalue weighted by Gasteiger charge is 2.26. The van der Waals surface area contributed by atoms with Gasteiger partial charge in [-0.05, 0) is 44.0 Å². The molecule has 6 nitrogen and oxygen atoms in total. The summed E-state index contributed by atoms with van der Waals surface area (Å²) in [7, 11) is 0. The van der Waals surface area contributed by atoms with Crippen LogP contribution in [0.1, 0.15) is 34.5 Å². The normalized spacial score (nSPS) is 17.2. The number of hydrogen-bond donors (Lipinski definition) is 0. The second-order valence-electron chi connectivity index (χ2n) is 5.84. The third-order valence-electron chi connectivity index (χ3n) is 3.96. The van der Waals surface area contributed by atoms with E-state index in [1.807, 2.05) is 13.0 Å². The first-order valence-electron chi connectivity index (χ1n) is 7.92. The van der Waals surface area contributed by atoms with Crippen LogP contribution in [0.3, 0.4) is 0 Å². The van der Waals surface area contributed by atoms with Crippen LogP contribution in [0.4, 0.5) is 0 Å². The highest BCUT2D eigenvalue weighted by molar-refractivity contribution is 5.94. The maximum atomic E-state index is 12.6. The molecule has 1 fully saturated rings. The van der Waals surface area contributed by atoms with Crippen molar-refractivity contribution in [2.75, 3.05) is 13.1 Å². The average molecular weight is 322 g/mol. The summed E-state index contributed by atoms with van der Waals surface area (Å²) < 4.78 is 5.85. The number of ether oxygens (including phenoxy) is 1. The molecule has 2 aromatic rings. The van der Waals surface area contributed by atoms with Gasteiger partial charge in [0, 0.05) is 18.2 Å². The number of aromatic nitrogens is 2. The Morgan fingerprint density at radius 2 is 2.21 bits per heavy atom. The van der Waals surface area contributed by atoms with Crippen molar-refractivity contribution in [3.63, 3.8) is 0 Å². The van der Waals surface area contributed by atoms with E-state index >= 15 is 0 Å². The van der Waals surface area contributed by atoms with Crippen LogP contribution < -0.4 is 4.74 Å². The highest BCUT2D eigenvalue weighted by atomic mass is 16.5. The van der Waals surface area contributed by atoms with E-state index in [9.17, 15) is 4.79 Å². The van der Waals surface area contributed by atoms with Gasteiger partial charge in [0.1, 0.15) is 6.10 Å². The molecule has 1 aliphatic rings. The summed E-state index contributed by atoms with van der Waals surface area (Å²) in [5, 5.41) is 17.0. The quantitative estimate of drug-likeness (QED) is 0.866. The molecule has 1 aliphatic heterocycles. The van der Waals surface area contributed by atoms with Crippen LogP contribution in [-0.2, 0) is 0 Å². The molecular weight excluding hydrogens is 304 g/mol. The van der Waals surface area contributed by atoms with E-state index in [1.165, 1.54) is 0 Å². The number of piperidine rings is 1. The molecule has 24 heavy (non-hydrogen) atoms. The first-order valence-corrected chi connectivity index (χ1v) is 7.92.